The number of benzene rings is 1. The third-order valence-electron chi connectivity index (χ3n) is 4.98. The number of aromatic amines is 1. The van der Waals surface area contributed by atoms with Gasteiger partial charge in [0, 0.05) is 30.5 Å². The van der Waals surface area contributed by atoms with Gasteiger partial charge in [-0.05, 0) is 55.7 Å². The maximum atomic E-state index is 12.8. The van der Waals surface area contributed by atoms with Crippen LogP contribution in [0.5, 0.6) is 5.75 Å². The Kier molecular flexibility index (Phi) is 5.53. The second-order valence-corrected chi connectivity index (χ2v) is 7.24. The molecule has 31 heavy (non-hydrogen) atoms. The fourth-order valence-electron chi connectivity index (χ4n) is 3.51. The standard InChI is InChI=1S/C21H20F3N5O2/c1-13-11-26-28-18(13)17-10-14(12-25-19(17)29-8-2-3-9-29)20(30)27-15-4-6-16(7-5-15)31-21(22,23)24/h4-7,10-12H,2-3,8-9H2,1H3,(H,26,28)(H,27,30). The van der Waals surface area contributed by atoms with E-state index in [0.717, 1.165) is 60.7 Å². The van der Waals surface area contributed by atoms with Gasteiger partial charge in [-0.1, -0.05) is 0 Å². The predicted octanol–water partition coefficient (Wildman–Crippen LogP) is 4.53. The minimum Gasteiger partial charge on any atom is -0.406 e. The molecular weight excluding hydrogens is 411 g/mol. The molecule has 4 rings (SSSR count). The number of nitrogens with zero attached hydrogens (tertiary/aromatic N) is 3. The van der Waals surface area contributed by atoms with E-state index < -0.39 is 12.3 Å². The van der Waals surface area contributed by atoms with E-state index in [2.05, 4.69) is 30.1 Å². The molecule has 0 bridgehead atoms. The summed E-state index contributed by atoms with van der Waals surface area (Å²) in [7, 11) is 0. The molecule has 1 amide bonds. The molecule has 0 spiro atoms. The van der Waals surface area contributed by atoms with Crippen molar-refractivity contribution in [2.45, 2.75) is 26.1 Å². The fraction of sp³-hybridized carbons (Fsp3) is 0.286. The van der Waals surface area contributed by atoms with Crippen molar-refractivity contribution >= 4 is 17.4 Å². The van der Waals surface area contributed by atoms with E-state index in [-0.39, 0.29) is 5.75 Å². The number of rotatable bonds is 5. The van der Waals surface area contributed by atoms with Crippen LogP contribution in [-0.2, 0) is 0 Å². The second-order valence-electron chi connectivity index (χ2n) is 7.24. The summed E-state index contributed by atoms with van der Waals surface area (Å²) < 4.78 is 40.7. The third-order valence-corrected chi connectivity index (χ3v) is 4.98. The van der Waals surface area contributed by atoms with E-state index in [4.69, 9.17) is 0 Å². The summed E-state index contributed by atoms with van der Waals surface area (Å²) >= 11 is 0. The smallest absolute Gasteiger partial charge is 0.406 e. The lowest BCUT2D eigenvalue weighted by atomic mass is 10.1. The number of alkyl halides is 3. The van der Waals surface area contributed by atoms with E-state index >= 15 is 0 Å². The van der Waals surface area contributed by atoms with E-state index in [9.17, 15) is 18.0 Å². The summed E-state index contributed by atoms with van der Waals surface area (Å²) in [5.74, 6) is -0.00225. The number of H-pyrrole nitrogens is 1. The maximum absolute atomic E-state index is 12.8. The summed E-state index contributed by atoms with van der Waals surface area (Å²) in [5.41, 5.74) is 3.15. The molecule has 0 radical (unpaired) electrons. The Hall–Kier alpha value is -3.56. The molecule has 1 aromatic carbocycles. The first-order valence-corrected chi connectivity index (χ1v) is 9.73. The van der Waals surface area contributed by atoms with Gasteiger partial charge in [0.1, 0.15) is 11.6 Å². The number of aryl methyl sites for hydroxylation is 1. The molecule has 3 heterocycles. The molecule has 1 aliphatic rings. The van der Waals surface area contributed by atoms with Crippen LogP contribution in [-0.4, -0.2) is 40.5 Å². The summed E-state index contributed by atoms with van der Waals surface area (Å²) in [6, 6.07) is 6.70. The van der Waals surface area contributed by atoms with Gasteiger partial charge in [-0.3, -0.25) is 9.89 Å². The van der Waals surface area contributed by atoms with Gasteiger partial charge in [-0.15, -0.1) is 13.2 Å². The number of amides is 1. The molecule has 2 aromatic heterocycles. The average Bonchev–Trinajstić information content (AvgIpc) is 3.39. The number of hydrogen-bond acceptors (Lipinski definition) is 5. The van der Waals surface area contributed by atoms with Gasteiger partial charge in [-0.2, -0.15) is 5.10 Å². The zero-order valence-corrected chi connectivity index (χ0v) is 16.7. The molecule has 1 fully saturated rings. The van der Waals surface area contributed by atoms with Gasteiger partial charge >= 0.3 is 6.36 Å². The topological polar surface area (TPSA) is 83.1 Å². The van der Waals surface area contributed by atoms with Gasteiger partial charge in [-0.25, -0.2) is 4.98 Å². The van der Waals surface area contributed by atoms with Crippen LogP contribution in [0.1, 0.15) is 28.8 Å². The average molecular weight is 431 g/mol. The van der Waals surface area contributed by atoms with Crippen molar-refractivity contribution in [3.05, 3.63) is 53.9 Å². The number of pyridine rings is 1. The minimum absolute atomic E-state index is 0.322. The number of hydrogen-bond donors (Lipinski definition) is 2. The molecule has 7 nitrogen and oxygen atoms in total. The number of nitrogens with one attached hydrogen (secondary N) is 2. The lowest BCUT2D eigenvalue weighted by Gasteiger charge is -2.20. The van der Waals surface area contributed by atoms with Crippen molar-refractivity contribution in [2.24, 2.45) is 0 Å². The van der Waals surface area contributed by atoms with Crippen LogP contribution in [0.4, 0.5) is 24.7 Å². The first-order valence-electron chi connectivity index (χ1n) is 9.73. The summed E-state index contributed by atoms with van der Waals surface area (Å²) in [6.45, 7) is 3.71. The first kappa shape index (κ1) is 20.7. The number of aromatic nitrogens is 3. The van der Waals surface area contributed by atoms with E-state index in [0.29, 0.717) is 11.3 Å². The van der Waals surface area contributed by atoms with Crippen LogP contribution in [0.25, 0.3) is 11.3 Å². The molecule has 10 heteroatoms. The lowest BCUT2D eigenvalue weighted by Crippen LogP contribution is -2.21. The monoisotopic (exact) mass is 431 g/mol. The quantitative estimate of drug-likeness (QED) is 0.620. The highest BCUT2D eigenvalue weighted by Gasteiger charge is 2.31. The molecule has 0 aliphatic carbocycles. The molecule has 0 atom stereocenters. The van der Waals surface area contributed by atoms with Crippen molar-refractivity contribution in [2.75, 3.05) is 23.3 Å². The number of halogens is 3. The molecular formula is C21H20F3N5O2. The Morgan fingerprint density at radius 1 is 1.16 bits per heavy atom. The molecule has 3 aromatic rings. The van der Waals surface area contributed by atoms with Crippen LogP contribution in [0.2, 0.25) is 0 Å². The SMILES string of the molecule is Cc1cn[nH]c1-c1cc(C(=O)Nc2ccc(OC(F)(F)F)cc2)cnc1N1CCCC1. The molecule has 0 unspecified atom stereocenters. The molecule has 1 saturated heterocycles. The second kappa shape index (κ2) is 8.29. The zero-order valence-electron chi connectivity index (χ0n) is 16.7. The van der Waals surface area contributed by atoms with E-state index in [1.165, 1.54) is 18.3 Å². The van der Waals surface area contributed by atoms with Crippen LogP contribution >= 0.6 is 0 Å². The minimum atomic E-state index is -4.77. The van der Waals surface area contributed by atoms with Gasteiger partial charge in [0.25, 0.3) is 5.91 Å². The Labute approximate surface area is 176 Å². The lowest BCUT2D eigenvalue weighted by molar-refractivity contribution is -0.274. The van der Waals surface area contributed by atoms with Crippen molar-refractivity contribution in [3.8, 4) is 17.0 Å². The van der Waals surface area contributed by atoms with Crippen molar-refractivity contribution in [3.63, 3.8) is 0 Å². The Balaban J connectivity index is 1.58. The maximum Gasteiger partial charge on any atom is 0.573 e. The largest absolute Gasteiger partial charge is 0.573 e. The van der Waals surface area contributed by atoms with E-state index in [1.807, 2.05) is 6.92 Å². The van der Waals surface area contributed by atoms with Crippen LogP contribution < -0.4 is 15.0 Å². The highest BCUT2D eigenvalue weighted by atomic mass is 19.4. The Bertz CT molecular complexity index is 1070. The van der Waals surface area contributed by atoms with Crippen LogP contribution in [0, 0.1) is 6.92 Å². The van der Waals surface area contributed by atoms with Gasteiger partial charge in [0.15, 0.2) is 0 Å². The highest BCUT2D eigenvalue weighted by molar-refractivity contribution is 6.05. The number of ether oxygens (including phenoxy) is 1. The van der Waals surface area contributed by atoms with Crippen molar-refractivity contribution < 1.29 is 22.7 Å². The van der Waals surface area contributed by atoms with Gasteiger partial charge in [0.2, 0.25) is 0 Å². The normalized spacial score (nSPS) is 14.0. The molecule has 0 saturated carbocycles. The predicted molar refractivity (Wildman–Crippen MR) is 109 cm³/mol. The van der Waals surface area contributed by atoms with Crippen molar-refractivity contribution in [1.29, 1.82) is 0 Å². The fourth-order valence-corrected chi connectivity index (χ4v) is 3.51. The van der Waals surface area contributed by atoms with Gasteiger partial charge in [0.05, 0.1) is 17.5 Å². The zero-order chi connectivity index (χ0) is 22.0. The number of carbonyl (C=O) groups excluding carboxylic acids is 1. The Morgan fingerprint density at radius 2 is 1.87 bits per heavy atom. The summed E-state index contributed by atoms with van der Waals surface area (Å²) in [6.07, 6.45) is 0.604. The van der Waals surface area contributed by atoms with Gasteiger partial charge < -0.3 is 15.0 Å². The van der Waals surface area contributed by atoms with E-state index in [1.54, 1.807) is 12.3 Å². The highest BCUT2D eigenvalue weighted by Crippen LogP contribution is 2.32. The summed E-state index contributed by atoms with van der Waals surface area (Å²) in [5, 5.41) is 9.72. The van der Waals surface area contributed by atoms with Crippen LogP contribution in [0.3, 0.4) is 0 Å². The third kappa shape index (κ3) is 4.79. The Morgan fingerprint density at radius 3 is 2.48 bits per heavy atom. The number of anilines is 2. The number of carbonyl (C=O) groups is 1. The molecule has 2 N–H and O–H groups in total. The summed E-state index contributed by atoms with van der Waals surface area (Å²) in [4.78, 5) is 19.5. The molecule has 1 aliphatic heterocycles. The van der Waals surface area contributed by atoms with Crippen LogP contribution in [0.15, 0.2) is 42.7 Å². The van der Waals surface area contributed by atoms with Crippen molar-refractivity contribution in [1.82, 2.24) is 15.2 Å². The molecule has 162 valence electrons. The first-order chi connectivity index (χ1) is 14.8.